The van der Waals surface area contributed by atoms with Crippen molar-refractivity contribution >= 4 is 34.1 Å². The van der Waals surface area contributed by atoms with Crippen LogP contribution in [0.2, 0.25) is 0 Å². The zero-order chi connectivity index (χ0) is 24.2. The van der Waals surface area contributed by atoms with E-state index in [0.29, 0.717) is 24.5 Å². The van der Waals surface area contributed by atoms with Crippen LogP contribution in [0.5, 0.6) is 0 Å². The van der Waals surface area contributed by atoms with Crippen LogP contribution in [0, 0.1) is 45.3 Å². The Morgan fingerprint density at radius 3 is 1.41 bits per heavy atom. The van der Waals surface area contributed by atoms with E-state index in [4.69, 9.17) is 0 Å². The third kappa shape index (κ3) is 3.66. The van der Waals surface area contributed by atoms with Crippen LogP contribution in [-0.4, -0.2) is 46.4 Å². The third-order valence-corrected chi connectivity index (χ3v) is 7.12. The number of nitriles is 4. The van der Waals surface area contributed by atoms with Gasteiger partial charge in [0.15, 0.2) is 22.8 Å². The van der Waals surface area contributed by atoms with Crippen LogP contribution < -0.4 is 0 Å². The number of thiophene rings is 2. The van der Waals surface area contributed by atoms with Gasteiger partial charge >= 0.3 is 0 Å². The molecule has 4 rings (SSSR count). The van der Waals surface area contributed by atoms with Gasteiger partial charge < -0.3 is 9.80 Å². The van der Waals surface area contributed by atoms with Gasteiger partial charge in [0, 0.05) is 24.2 Å². The first-order valence-corrected chi connectivity index (χ1v) is 12.4. The molecule has 2 aromatic heterocycles. The van der Waals surface area contributed by atoms with Crippen LogP contribution in [0.3, 0.4) is 0 Å². The molecule has 8 nitrogen and oxygen atoms in total. The average Bonchev–Trinajstić information content (AvgIpc) is 3.60. The summed E-state index contributed by atoms with van der Waals surface area (Å²) in [7, 11) is 0. The summed E-state index contributed by atoms with van der Waals surface area (Å²) in [6, 6.07) is 11.3. The summed E-state index contributed by atoms with van der Waals surface area (Å²) in [6.45, 7) is 4.70. The van der Waals surface area contributed by atoms with Crippen molar-refractivity contribution in [3.63, 3.8) is 0 Å². The van der Waals surface area contributed by atoms with Crippen molar-refractivity contribution < 1.29 is 0 Å². The average molecular weight is 483 g/mol. The van der Waals surface area contributed by atoms with E-state index >= 15 is 0 Å². The molecule has 2 atom stereocenters. The Bertz CT molecular complexity index is 1270. The molecule has 4 heterocycles. The predicted octanol–water partition coefficient (Wildman–Crippen LogP) is 4.01. The van der Waals surface area contributed by atoms with E-state index in [1.165, 1.54) is 22.7 Å². The SMILES string of the molecule is CCN1C(C#N)=C(C#N)N=C(c2ccsc2)[C@@H]1[C@@H]1C(c2ccsc2)=NC(C#N)=C(C#N)N1CC. The summed E-state index contributed by atoms with van der Waals surface area (Å²) in [5.41, 5.74) is 3.42. The molecule has 34 heavy (non-hydrogen) atoms. The van der Waals surface area contributed by atoms with Crippen LogP contribution in [-0.2, 0) is 0 Å². The van der Waals surface area contributed by atoms with E-state index in [0.717, 1.165) is 11.1 Å². The lowest BCUT2D eigenvalue weighted by molar-refractivity contribution is 0.215. The molecule has 166 valence electrons. The molecular formula is C24H18N8S2. The molecule has 0 aliphatic carbocycles. The minimum absolute atomic E-state index is 0.0587. The van der Waals surface area contributed by atoms with Gasteiger partial charge in [-0.15, -0.1) is 0 Å². The third-order valence-electron chi connectivity index (χ3n) is 5.76. The second-order valence-electron chi connectivity index (χ2n) is 7.32. The summed E-state index contributed by atoms with van der Waals surface area (Å²) in [4.78, 5) is 13.0. The Hall–Kier alpha value is -4.22. The summed E-state index contributed by atoms with van der Waals surface area (Å²) < 4.78 is 0. The van der Waals surface area contributed by atoms with E-state index in [1.807, 2.05) is 57.3 Å². The number of hydrogen-bond donors (Lipinski definition) is 0. The topological polar surface area (TPSA) is 126 Å². The molecule has 0 saturated carbocycles. The first kappa shape index (κ1) is 23.0. The fraction of sp³-hybridized carbons (Fsp3) is 0.250. The molecule has 2 aromatic rings. The van der Waals surface area contributed by atoms with Gasteiger partial charge in [0.25, 0.3) is 0 Å². The van der Waals surface area contributed by atoms with E-state index in [9.17, 15) is 21.0 Å². The Morgan fingerprint density at radius 1 is 0.735 bits per heavy atom. The highest BCUT2D eigenvalue weighted by Gasteiger charge is 2.45. The van der Waals surface area contributed by atoms with Crippen LogP contribution in [0.25, 0.3) is 0 Å². The Morgan fingerprint density at radius 2 is 1.15 bits per heavy atom. The van der Waals surface area contributed by atoms with Crippen molar-refractivity contribution in [2.45, 2.75) is 25.9 Å². The molecule has 2 aliphatic heterocycles. The zero-order valence-electron chi connectivity index (χ0n) is 18.4. The van der Waals surface area contributed by atoms with Crippen molar-refractivity contribution in [1.29, 1.82) is 21.0 Å². The molecule has 0 fully saturated rings. The van der Waals surface area contributed by atoms with Crippen molar-refractivity contribution in [2.24, 2.45) is 9.98 Å². The molecule has 0 N–H and O–H groups in total. The first-order valence-electron chi connectivity index (χ1n) is 10.5. The van der Waals surface area contributed by atoms with Gasteiger partial charge in [0.05, 0.1) is 23.5 Å². The largest absolute Gasteiger partial charge is 0.350 e. The van der Waals surface area contributed by atoms with Gasteiger partial charge in [-0.3, -0.25) is 0 Å². The molecule has 0 aromatic carbocycles. The number of rotatable bonds is 5. The molecule has 0 radical (unpaired) electrons. The van der Waals surface area contributed by atoms with E-state index < -0.39 is 12.1 Å². The normalized spacial score (nSPS) is 20.2. The molecule has 2 aliphatic rings. The summed E-state index contributed by atoms with van der Waals surface area (Å²) in [6.07, 6.45) is 0. The number of aliphatic imine (C=N–C) groups is 2. The zero-order valence-corrected chi connectivity index (χ0v) is 20.1. The second kappa shape index (κ2) is 9.73. The molecular weight excluding hydrogens is 464 g/mol. The maximum absolute atomic E-state index is 9.96. The number of allylic oxidation sites excluding steroid dienone is 4. The number of likely N-dealkylation sites (N-methyl/N-ethyl adjacent to an activating group) is 2. The van der Waals surface area contributed by atoms with Crippen molar-refractivity contribution in [1.82, 2.24) is 9.80 Å². The lowest BCUT2D eigenvalue weighted by atomic mass is 9.86. The van der Waals surface area contributed by atoms with Gasteiger partial charge in [0.1, 0.15) is 24.3 Å². The van der Waals surface area contributed by atoms with Crippen LogP contribution >= 0.6 is 22.7 Å². The quantitative estimate of drug-likeness (QED) is 0.633. The van der Waals surface area contributed by atoms with Gasteiger partial charge in [-0.25, -0.2) is 9.98 Å². The highest BCUT2D eigenvalue weighted by atomic mass is 32.1. The monoisotopic (exact) mass is 482 g/mol. The highest BCUT2D eigenvalue weighted by molar-refractivity contribution is 7.08. The molecule has 0 amide bonds. The van der Waals surface area contributed by atoms with Crippen molar-refractivity contribution in [2.75, 3.05) is 13.1 Å². The van der Waals surface area contributed by atoms with Crippen LogP contribution in [0.4, 0.5) is 0 Å². The predicted molar refractivity (Wildman–Crippen MR) is 131 cm³/mol. The lowest BCUT2D eigenvalue weighted by Gasteiger charge is -2.46. The summed E-state index contributed by atoms with van der Waals surface area (Å²) in [5, 5.41) is 47.2. The molecule has 0 unspecified atom stereocenters. The lowest BCUT2D eigenvalue weighted by Crippen LogP contribution is -2.60. The molecule has 0 bridgehead atoms. The summed E-state index contributed by atoms with van der Waals surface area (Å²) in [5.74, 6) is 0. The standard InChI is InChI=1S/C24H18N8S2/c1-3-31-19(11-27)17(9-25)29-21(15-5-7-33-13-15)23(31)24-22(16-6-8-34-14-16)30-18(10-26)20(12-28)32(24)4-2/h5-8,13-14,23-24H,3-4H2,1-2H3/t23-,24+. The minimum Gasteiger partial charge on any atom is -0.350 e. The number of nitrogens with zero attached hydrogens (tertiary/aromatic N) is 8. The van der Waals surface area contributed by atoms with Crippen molar-refractivity contribution in [3.05, 3.63) is 67.6 Å². The Labute approximate surface area is 205 Å². The van der Waals surface area contributed by atoms with Gasteiger partial charge in [-0.05, 0) is 47.5 Å². The van der Waals surface area contributed by atoms with E-state index in [2.05, 4.69) is 34.3 Å². The van der Waals surface area contributed by atoms with E-state index in [1.54, 1.807) is 0 Å². The first-order chi connectivity index (χ1) is 16.6. The maximum Gasteiger partial charge on any atom is 0.175 e. The summed E-state index contributed by atoms with van der Waals surface area (Å²) >= 11 is 3.02. The molecule has 10 heteroatoms. The second-order valence-corrected chi connectivity index (χ2v) is 8.88. The Balaban J connectivity index is 2.02. The fourth-order valence-corrected chi connectivity index (χ4v) is 5.65. The number of hydrogen-bond acceptors (Lipinski definition) is 10. The Kier molecular flexibility index (Phi) is 6.57. The van der Waals surface area contributed by atoms with E-state index in [-0.39, 0.29) is 22.8 Å². The molecule has 0 saturated heterocycles. The smallest absolute Gasteiger partial charge is 0.175 e. The van der Waals surface area contributed by atoms with Gasteiger partial charge in [-0.2, -0.15) is 43.7 Å². The van der Waals surface area contributed by atoms with Crippen molar-refractivity contribution in [3.8, 4) is 24.3 Å². The van der Waals surface area contributed by atoms with Gasteiger partial charge in [0.2, 0.25) is 0 Å². The molecule has 0 spiro atoms. The van der Waals surface area contributed by atoms with Crippen LogP contribution in [0.1, 0.15) is 25.0 Å². The fourth-order valence-electron chi connectivity index (χ4n) is 4.36. The van der Waals surface area contributed by atoms with Crippen LogP contribution in [0.15, 0.2) is 66.4 Å². The maximum atomic E-state index is 9.96. The minimum atomic E-state index is -0.520. The highest BCUT2D eigenvalue weighted by Crippen LogP contribution is 2.35. The van der Waals surface area contributed by atoms with Gasteiger partial charge in [-0.1, -0.05) is 0 Å².